The lowest BCUT2D eigenvalue weighted by molar-refractivity contribution is -0.143. The fraction of sp³-hybridized carbons (Fsp3) is 0.348. The predicted octanol–water partition coefficient (Wildman–Crippen LogP) is 4.82. The fourth-order valence-electron chi connectivity index (χ4n) is 3.13. The fourth-order valence-corrected chi connectivity index (χ4v) is 3.13. The average molecular weight is 393 g/mol. The first-order valence-electron chi connectivity index (χ1n) is 9.94. The molecule has 0 aliphatic heterocycles. The summed E-state index contributed by atoms with van der Waals surface area (Å²) in [7, 11) is 1.99. The number of aromatic nitrogens is 2. The second-order valence-electron chi connectivity index (χ2n) is 6.78. The molecule has 1 aromatic heterocycles. The highest BCUT2D eigenvalue weighted by Gasteiger charge is 2.12. The number of hydrogen-bond donors (Lipinski definition) is 0. The Morgan fingerprint density at radius 2 is 1.90 bits per heavy atom. The number of rotatable bonds is 9. The van der Waals surface area contributed by atoms with Crippen LogP contribution in [0.15, 0.2) is 48.5 Å². The minimum atomic E-state index is -0.150. The van der Waals surface area contributed by atoms with Gasteiger partial charge in [0.25, 0.3) is 0 Å². The maximum Gasteiger partial charge on any atom is 0.305 e. The number of para-hydroxylation sites is 1. The van der Waals surface area contributed by atoms with E-state index in [-0.39, 0.29) is 5.97 Å². The number of benzene rings is 2. The molecular weight excluding hydrogens is 366 g/mol. The Bertz CT molecular complexity index is 974. The van der Waals surface area contributed by atoms with Crippen molar-refractivity contribution >= 4 is 28.4 Å². The van der Waals surface area contributed by atoms with Crippen LogP contribution in [-0.4, -0.2) is 36.2 Å². The summed E-state index contributed by atoms with van der Waals surface area (Å²) < 4.78 is 10.8. The summed E-state index contributed by atoms with van der Waals surface area (Å²) in [6.45, 7) is 4.70. The molecule has 0 saturated carbocycles. The van der Waals surface area contributed by atoms with Crippen LogP contribution in [-0.2, 0) is 9.53 Å². The first-order valence-corrected chi connectivity index (χ1v) is 9.94. The molecule has 0 spiro atoms. The predicted molar refractivity (Wildman–Crippen MR) is 115 cm³/mol. The molecule has 29 heavy (non-hydrogen) atoms. The maximum absolute atomic E-state index is 11.4. The molecule has 0 fully saturated rings. The van der Waals surface area contributed by atoms with Crippen LogP contribution < -0.4 is 9.64 Å². The number of hydrogen-bond acceptors (Lipinski definition) is 6. The third kappa shape index (κ3) is 5.44. The number of carbonyl (C=O) groups is 1. The summed E-state index contributed by atoms with van der Waals surface area (Å²) in [4.78, 5) is 22.6. The zero-order chi connectivity index (χ0) is 20.6. The summed E-state index contributed by atoms with van der Waals surface area (Å²) in [5, 5.41) is 1.01. The van der Waals surface area contributed by atoms with Crippen molar-refractivity contribution in [2.24, 2.45) is 0 Å². The Balaban J connectivity index is 1.66. The van der Waals surface area contributed by atoms with E-state index in [1.165, 1.54) is 0 Å². The highest BCUT2D eigenvalue weighted by molar-refractivity contribution is 5.91. The van der Waals surface area contributed by atoms with Gasteiger partial charge in [0.05, 0.1) is 18.7 Å². The number of ether oxygens (including phenoxy) is 2. The van der Waals surface area contributed by atoms with Crippen molar-refractivity contribution in [1.29, 1.82) is 0 Å². The molecular formula is C23H27N3O3. The summed E-state index contributed by atoms with van der Waals surface area (Å²) in [5.41, 5.74) is 1.91. The molecule has 0 unspecified atom stereocenters. The molecule has 6 nitrogen and oxygen atoms in total. The third-order valence-electron chi connectivity index (χ3n) is 4.57. The molecule has 152 valence electrons. The van der Waals surface area contributed by atoms with E-state index >= 15 is 0 Å². The van der Waals surface area contributed by atoms with Crippen LogP contribution in [0.1, 0.15) is 32.0 Å². The molecule has 2 aromatic carbocycles. The Labute approximate surface area is 171 Å². The number of aryl methyl sites for hydroxylation is 1. The van der Waals surface area contributed by atoms with Crippen LogP contribution >= 0.6 is 0 Å². The van der Waals surface area contributed by atoms with Gasteiger partial charge in [-0.3, -0.25) is 4.79 Å². The van der Waals surface area contributed by atoms with Crippen LogP contribution in [0.5, 0.6) is 5.75 Å². The lowest BCUT2D eigenvalue weighted by Gasteiger charge is -2.21. The van der Waals surface area contributed by atoms with Gasteiger partial charge in [0.2, 0.25) is 0 Å². The molecule has 3 aromatic rings. The van der Waals surface area contributed by atoms with E-state index in [2.05, 4.69) is 9.97 Å². The third-order valence-corrected chi connectivity index (χ3v) is 4.57. The van der Waals surface area contributed by atoms with Gasteiger partial charge in [-0.2, -0.15) is 0 Å². The first-order chi connectivity index (χ1) is 14.1. The van der Waals surface area contributed by atoms with Gasteiger partial charge in [-0.25, -0.2) is 9.97 Å². The number of unbranched alkanes of at least 4 members (excludes halogenated alkanes) is 1. The number of fused-ring (bicyclic) bond motifs is 1. The first kappa shape index (κ1) is 20.6. The van der Waals surface area contributed by atoms with E-state index in [9.17, 15) is 4.79 Å². The van der Waals surface area contributed by atoms with Gasteiger partial charge in [-0.05, 0) is 51.0 Å². The number of carbonyl (C=O) groups excluding carboxylic acids is 1. The maximum atomic E-state index is 11.4. The van der Waals surface area contributed by atoms with E-state index in [1.807, 2.05) is 74.3 Å². The molecule has 0 aliphatic carbocycles. The second kappa shape index (κ2) is 9.87. The second-order valence-corrected chi connectivity index (χ2v) is 6.78. The van der Waals surface area contributed by atoms with Crippen molar-refractivity contribution in [3.05, 3.63) is 54.4 Å². The van der Waals surface area contributed by atoms with Crippen LogP contribution in [0.25, 0.3) is 10.9 Å². The van der Waals surface area contributed by atoms with Gasteiger partial charge >= 0.3 is 5.97 Å². The van der Waals surface area contributed by atoms with E-state index in [0.717, 1.165) is 46.8 Å². The van der Waals surface area contributed by atoms with E-state index in [4.69, 9.17) is 9.47 Å². The highest BCUT2D eigenvalue weighted by Crippen LogP contribution is 2.30. The normalized spacial score (nSPS) is 10.7. The summed E-state index contributed by atoms with van der Waals surface area (Å²) >= 11 is 0. The quantitative estimate of drug-likeness (QED) is 0.384. The highest BCUT2D eigenvalue weighted by atomic mass is 16.5. The topological polar surface area (TPSA) is 64.6 Å². The van der Waals surface area contributed by atoms with Crippen molar-refractivity contribution in [2.75, 3.05) is 25.2 Å². The zero-order valence-electron chi connectivity index (χ0n) is 17.2. The standard InChI is InChI=1S/C23H27N3O3/c1-4-28-22(27)14-7-8-15-29-19-11-9-10-18(16-19)26(3)23-20-12-5-6-13-21(20)24-17(2)25-23/h5-6,9-13,16H,4,7-8,14-15H2,1-3H3. The van der Waals surface area contributed by atoms with Crippen molar-refractivity contribution in [1.82, 2.24) is 9.97 Å². The SMILES string of the molecule is CCOC(=O)CCCCOc1cccc(N(C)c2nc(C)nc3ccccc23)c1. The zero-order valence-corrected chi connectivity index (χ0v) is 17.2. The minimum Gasteiger partial charge on any atom is -0.494 e. The van der Waals surface area contributed by atoms with Gasteiger partial charge in [-0.15, -0.1) is 0 Å². The summed E-state index contributed by atoms with van der Waals surface area (Å²) in [6.07, 6.45) is 1.99. The van der Waals surface area contributed by atoms with Crippen LogP contribution in [0, 0.1) is 6.92 Å². The van der Waals surface area contributed by atoms with E-state index in [0.29, 0.717) is 19.6 Å². The summed E-state index contributed by atoms with van der Waals surface area (Å²) in [6, 6.07) is 15.9. The van der Waals surface area contributed by atoms with Crippen molar-refractivity contribution in [3.63, 3.8) is 0 Å². The van der Waals surface area contributed by atoms with Crippen molar-refractivity contribution in [3.8, 4) is 5.75 Å². The van der Waals surface area contributed by atoms with Crippen LogP contribution in [0.2, 0.25) is 0 Å². The average Bonchev–Trinajstić information content (AvgIpc) is 2.72. The largest absolute Gasteiger partial charge is 0.494 e. The molecule has 0 bridgehead atoms. The van der Waals surface area contributed by atoms with E-state index < -0.39 is 0 Å². The van der Waals surface area contributed by atoms with Gasteiger partial charge < -0.3 is 14.4 Å². The van der Waals surface area contributed by atoms with Gasteiger partial charge in [0, 0.05) is 30.6 Å². The number of esters is 1. The minimum absolute atomic E-state index is 0.150. The van der Waals surface area contributed by atoms with Gasteiger partial charge in [-0.1, -0.05) is 18.2 Å². The Kier molecular flexibility index (Phi) is 7.00. The summed E-state index contributed by atoms with van der Waals surface area (Å²) in [5.74, 6) is 2.24. The molecule has 1 heterocycles. The Morgan fingerprint density at radius 1 is 1.07 bits per heavy atom. The molecule has 6 heteroatoms. The van der Waals surface area contributed by atoms with Crippen molar-refractivity contribution < 1.29 is 14.3 Å². The molecule has 0 aliphatic rings. The number of anilines is 2. The molecule has 0 radical (unpaired) electrons. The molecule has 0 atom stereocenters. The van der Waals surface area contributed by atoms with Gasteiger partial charge in [0.1, 0.15) is 17.4 Å². The monoisotopic (exact) mass is 393 g/mol. The number of nitrogens with zero attached hydrogens (tertiary/aromatic N) is 3. The molecule has 0 N–H and O–H groups in total. The molecule has 3 rings (SSSR count). The lowest BCUT2D eigenvalue weighted by Crippen LogP contribution is -2.13. The lowest BCUT2D eigenvalue weighted by atomic mass is 10.2. The Morgan fingerprint density at radius 3 is 2.72 bits per heavy atom. The Hall–Kier alpha value is -3.15. The molecule has 0 saturated heterocycles. The van der Waals surface area contributed by atoms with Crippen LogP contribution in [0.4, 0.5) is 11.5 Å². The molecule has 0 amide bonds. The van der Waals surface area contributed by atoms with Crippen molar-refractivity contribution in [2.45, 2.75) is 33.1 Å². The van der Waals surface area contributed by atoms with Gasteiger partial charge in [0.15, 0.2) is 0 Å². The van der Waals surface area contributed by atoms with Crippen LogP contribution in [0.3, 0.4) is 0 Å². The smallest absolute Gasteiger partial charge is 0.305 e. The van der Waals surface area contributed by atoms with E-state index in [1.54, 1.807) is 0 Å².